The van der Waals surface area contributed by atoms with E-state index in [1.807, 2.05) is 0 Å². The number of nitrogens with zero attached hydrogens (tertiary/aromatic N) is 2. The standard InChI is InChI=1S/C14H14BrF3N2O2S/c1-8(21)22-11-7-13(14(16,17)18,6-10(11)19-20(2)3)12-9(15)4-5-23-12/h4-5,7H,6H2,1-3H3/b19-10-. The van der Waals surface area contributed by atoms with Crippen molar-refractivity contribution < 1.29 is 22.7 Å². The highest BCUT2D eigenvalue weighted by Crippen LogP contribution is 2.53. The highest BCUT2D eigenvalue weighted by Gasteiger charge is 2.60. The molecule has 4 nitrogen and oxygen atoms in total. The summed E-state index contributed by atoms with van der Waals surface area (Å²) < 4.78 is 47.1. The Hall–Kier alpha value is -1.35. The molecule has 1 aromatic heterocycles. The molecule has 1 aliphatic carbocycles. The van der Waals surface area contributed by atoms with Crippen LogP contribution in [0.2, 0.25) is 0 Å². The number of halogens is 4. The molecule has 0 amide bonds. The summed E-state index contributed by atoms with van der Waals surface area (Å²) in [4.78, 5) is 11.3. The Morgan fingerprint density at radius 1 is 1.48 bits per heavy atom. The van der Waals surface area contributed by atoms with Crippen molar-refractivity contribution in [2.75, 3.05) is 14.1 Å². The third kappa shape index (κ3) is 3.45. The first-order valence-electron chi connectivity index (χ1n) is 6.53. The number of esters is 1. The monoisotopic (exact) mass is 410 g/mol. The van der Waals surface area contributed by atoms with E-state index < -0.39 is 24.0 Å². The molecule has 1 aromatic rings. The lowest BCUT2D eigenvalue weighted by molar-refractivity contribution is -0.172. The van der Waals surface area contributed by atoms with E-state index in [1.165, 1.54) is 5.01 Å². The summed E-state index contributed by atoms with van der Waals surface area (Å²) in [6, 6.07) is 1.56. The molecule has 1 heterocycles. The highest BCUT2D eigenvalue weighted by atomic mass is 79.9. The number of carbonyl (C=O) groups excluding carboxylic acids is 1. The zero-order chi connectivity index (χ0) is 17.4. The van der Waals surface area contributed by atoms with Crippen molar-refractivity contribution in [2.45, 2.75) is 24.9 Å². The van der Waals surface area contributed by atoms with E-state index in [4.69, 9.17) is 4.74 Å². The van der Waals surface area contributed by atoms with Gasteiger partial charge in [0, 0.05) is 36.8 Å². The summed E-state index contributed by atoms with van der Waals surface area (Å²) >= 11 is 4.16. The summed E-state index contributed by atoms with van der Waals surface area (Å²) in [5, 5.41) is 7.01. The Balaban J connectivity index is 2.63. The normalized spacial score (nSPS) is 23.1. The second-order valence-electron chi connectivity index (χ2n) is 5.24. The van der Waals surface area contributed by atoms with Crippen LogP contribution in [0.1, 0.15) is 18.2 Å². The van der Waals surface area contributed by atoms with Crippen LogP contribution in [0.15, 0.2) is 32.9 Å². The lowest BCUT2D eigenvalue weighted by Crippen LogP contribution is -2.39. The van der Waals surface area contributed by atoms with Gasteiger partial charge in [-0.3, -0.25) is 4.79 Å². The third-order valence-electron chi connectivity index (χ3n) is 3.21. The Morgan fingerprint density at radius 2 is 2.13 bits per heavy atom. The first-order valence-corrected chi connectivity index (χ1v) is 8.21. The number of hydrogen-bond acceptors (Lipinski definition) is 5. The van der Waals surface area contributed by atoms with Crippen molar-refractivity contribution in [3.05, 3.63) is 32.6 Å². The number of thiophene rings is 1. The van der Waals surface area contributed by atoms with Gasteiger partial charge in [-0.1, -0.05) is 0 Å². The lowest BCUT2D eigenvalue weighted by atomic mass is 9.84. The SMILES string of the molecule is CC(=O)OC1=CC(c2sccc2Br)(C(F)(F)F)C/C1=N/N(C)C. The van der Waals surface area contributed by atoms with Crippen molar-refractivity contribution in [3.63, 3.8) is 0 Å². The van der Waals surface area contributed by atoms with Gasteiger partial charge in [-0.05, 0) is 33.5 Å². The molecule has 2 rings (SSSR count). The van der Waals surface area contributed by atoms with Crippen LogP contribution in [-0.2, 0) is 14.9 Å². The maximum atomic E-state index is 13.9. The smallest absolute Gasteiger partial charge is 0.403 e. The molecule has 1 unspecified atom stereocenters. The maximum absolute atomic E-state index is 13.9. The number of alkyl halides is 3. The first kappa shape index (κ1) is 18.0. The molecule has 0 N–H and O–H groups in total. The third-order valence-corrected chi connectivity index (χ3v) is 5.23. The van der Waals surface area contributed by atoms with Gasteiger partial charge in [0.05, 0.1) is 0 Å². The molecule has 1 aliphatic rings. The van der Waals surface area contributed by atoms with Crippen LogP contribution in [0.4, 0.5) is 13.2 Å². The number of hydrazone groups is 1. The fourth-order valence-corrected chi connectivity index (χ4v) is 4.27. The predicted molar refractivity (Wildman–Crippen MR) is 85.3 cm³/mol. The fraction of sp³-hybridized carbons (Fsp3) is 0.429. The minimum absolute atomic E-state index is 0.0859. The van der Waals surface area contributed by atoms with E-state index in [0.717, 1.165) is 24.3 Å². The van der Waals surface area contributed by atoms with Crippen molar-refractivity contribution in [2.24, 2.45) is 5.10 Å². The highest BCUT2D eigenvalue weighted by molar-refractivity contribution is 9.10. The Morgan fingerprint density at radius 3 is 2.57 bits per heavy atom. The van der Waals surface area contributed by atoms with Crippen LogP contribution in [-0.4, -0.2) is 37.0 Å². The van der Waals surface area contributed by atoms with E-state index in [1.54, 1.807) is 25.5 Å². The van der Waals surface area contributed by atoms with Crippen LogP contribution < -0.4 is 0 Å². The van der Waals surface area contributed by atoms with Crippen molar-refractivity contribution >= 4 is 38.9 Å². The molecule has 1 atom stereocenters. The molecular weight excluding hydrogens is 397 g/mol. The molecule has 0 saturated heterocycles. The number of rotatable bonds is 3. The van der Waals surface area contributed by atoms with E-state index in [2.05, 4.69) is 21.0 Å². The summed E-state index contributed by atoms with van der Waals surface area (Å²) in [5.74, 6) is -0.838. The van der Waals surface area contributed by atoms with Gasteiger partial charge in [0.25, 0.3) is 0 Å². The molecular formula is C14H14BrF3N2O2S. The Kier molecular flexibility index (Phi) is 4.91. The molecule has 0 aliphatic heterocycles. The molecule has 0 radical (unpaired) electrons. The van der Waals surface area contributed by atoms with E-state index >= 15 is 0 Å². The van der Waals surface area contributed by atoms with Crippen LogP contribution in [0, 0.1) is 0 Å². The fourth-order valence-electron chi connectivity index (χ4n) is 2.35. The molecule has 126 valence electrons. The average Bonchev–Trinajstić information content (AvgIpc) is 2.93. The number of hydrogen-bond donors (Lipinski definition) is 0. The van der Waals surface area contributed by atoms with Gasteiger partial charge in [-0.15, -0.1) is 11.3 Å². The van der Waals surface area contributed by atoms with Gasteiger partial charge in [-0.2, -0.15) is 18.3 Å². The van der Waals surface area contributed by atoms with Crippen molar-refractivity contribution in [3.8, 4) is 0 Å². The largest absolute Gasteiger partial charge is 0.425 e. The van der Waals surface area contributed by atoms with Crippen LogP contribution in [0.5, 0.6) is 0 Å². The van der Waals surface area contributed by atoms with Crippen LogP contribution in [0.25, 0.3) is 0 Å². The van der Waals surface area contributed by atoms with E-state index in [9.17, 15) is 18.0 Å². The quantitative estimate of drug-likeness (QED) is 0.556. The van der Waals surface area contributed by atoms with Crippen molar-refractivity contribution in [1.29, 1.82) is 0 Å². The van der Waals surface area contributed by atoms with Crippen LogP contribution >= 0.6 is 27.3 Å². The Labute approximate surface area is 143 Å². The number of ether oxygens (including phenoxy) is 1. The minimum Gasteiger partial charge on any atom is -0.425 e. The van der Waals surface area contributed by atoms with Gasteiger partial charge < -0.3 is 9.75 Å². The average molecular weight is 411 g/mol. The molecule has 9 heteroatoms. The lowest BCUT2D eigenvalue weighted by Gasteiger charge is -2.29. The maximum Gasteiger partial charge on any atom is 0.403 e. The van der Waals surface area contributed by atoms with E-state index in [0.29, 0.717) is 4.47 Å². The van der Waals surface area contributed by atoms with Gasteiger partial charge in [0.1, 0.15) is 11.1 Å². The van der Waals surface area contributed by atoms with Gasteiger partial charge >= 0.3 is 12.1 Å². The topological polar surface area (TPSA) is 41.9 Å². The summed E-state index contributed by atoms with van der Waals surface area (Å²) in [7, 11) is 3.18. The molecule has 0 fully saturated rings. The summed E-state index contributed by atoms with van der Waals surface area (Å²) in [5.41, 5.74) is -2.18. The first-order chi connectivity index (χ1) is 10.6. The Bertz CT molecular complexity index is 682. The second-order valence-corrected chi connectivity index (χ2v) is 7.01. The second kappa shape index (κ2) is 6.27. The zero-order valence-electron chi connectivity index (χ0n) is 12.6. The van der Waals surface area contributed by atoms with Gasteiger partial charge in [-0.25, -0.2) is 0 Å². The number of carbonyl (C=O) groups is 1. The summed E-state index contributed by atoms with van der Waals surface area (Å²) in [6.07, 6.45) is -4.03. The van der Waals surface area contributed by atoms with Crippen LogP contribution in [0.3, 0.4) is 0 Å². The molecule has 23 heavy (non-hydrogen) atoms. The van der Waals surface area contributed by atoms with E-state index in [-0.39, 0.29) is 16.3 Å². The van der Waals surface area contributed by atoms with Crippen molar-refractivity contribution in [1.82, 2.24) is 5.01 Å². The molecule has 0 saturated carbocycles. The number of allylic oxidation sites excluding steroid dienone is 2. The molecule has 0 spiro atoms. The summed E-state index contributed by atoms with van der Waals surface area (Å²) in [6.45, 7) is 1.14. The molecule has 0 aromatic carbocycles. The van der Waals surface area contributed by atoms with Gasteiger partial charge in [0.2, 0.25) is 0 Å². The minimum atomic E-state index is -4.56. The zero-order valence-corrected chi connectivity index (χ0v) is 15.0. The predicted octanol–water partition coefficient (Wildman–Crippen LogP) is 4.08. The van der Waals surface area contributed by atoms with Gasteiger partial charge in [0.15, 0.2) is 5.76 Å². The molecule has 0 bridgehead atoms.